The fraction of sp³-hybridized carbons (Fsp3) is 0.333. The first-order valence-corrected chi connectivity index (χ1v) is 14.0. The van der Waals surface area contributed by atoms with Gasteiger partial charge in [0.1, 0.15) is 0 Å². The fourth-order valence-electron chi connectivity index (χ4n) is 5.05. The van der Waals surface area contributed by atoms with Gasteiger partial charge in [0.2, 0.25) is 0 Å². The number of fused-ring (bicyclic) bond motifs is 5. The molecule has 2 aromatic carbocycles. The van der Waals surface area contributed by atoms with E-state index < -0.39 is 10.2 Å². The smallest absolute Gasteiger partial charge is 0.0777 e. The maximum atomic E-state index is 8.60. The van der Waals surface area contributed by atoms with Gasteiger partial charge in [-0.05, 0) is 0 Å². The van der Waals surface area contributed by atoms with Crippen molar-refractivity contribution in [2.24, 2.45) is 4.99 Å². The number of aromatic nitrogens is 1. The van der Waals surface area contributed by atoms with Gasteiger partial charge >= 0.3 is 171 Å². The van der Waals surface area contributed by atoms with Crippen LogP contribution in [0.2, 0.25) is 0 Å². The molecule has 0 atom stereocenters. The van der Waals surface area contributed by atoms with Crippen LogP contribution >= 0.6 is 0 Å². The molecule has 2 aromatic rings. The molecule has 0 amide bonds. The molecule has 3 aliphatic heterocycles. The third-order valence-corrected chi connectivity index (χ3v) is 8.68. The van der Waals surface area contributed by atoms with Crippen LogP contribution in [-0.4, -0.2) is 43.8 Å². The first kappa shape index (κ1) is 22.7. The van der Waals surface area contributed by atoms with Crippen LogP contribution in [0.15, 0.2) is 41.4 Å². The zero-order valence-corrected chi connectivity index (χ0v) is 20.7. The molecule has 0 radical (unpaired) electrons. The van der Waals surface area contributed by atoms with Crippen LogP contribution in [0.3, 0.4) is 0 Å². The Morgan fingerprint density at radius 1 is 1.09 bits per heavy atom. The minimum absolute atomic E-state index is 0.291. The summed E-state index contributed by atoms with van der Waals surface area (Å²) in [6.07, 6.45) is 4.97. The maximum Gasteiger partial charge on any atom is 0.0777 e. The van der Waals surface area contributed by atoms with E-state index in [1.54, 1.807) is 11.3 Å². The Morgan fingerprint density at radius 2 is 1.79 bits per heavy atom. The van der Waals surface area contributed by atoms with Crippen LogP contribution in [0.1, 0.15) is 30.9 Å². The summed E-state index contributed by atoms with van der Waals surface area (Å²) < 4.78 is 35.7. The third kappa shape index (κ3) is 4.53. The molecule has 172 valence electrons. The first-order chi connectivity index (χ1) is 15.8. The van der Waals surface area contributed by atoms with Crippen LogP contribution in [0.25, 0.3) is 30.7 Å². The van der Waals surface area contributed by atoms with Crippen LogP contribution in [0.4, 0.5) is 5.69 Å². The summed E-state index contributed by atoms with van der Waals surface area (Å²) in [6.45, 7) is 5.38. The molecule has 9 heteroatoms. The predicted molar refractivity (Wildman–Crippen MR) is 120 cm³/mol. The predicted octanol–water partition coefficient (Wildman–Crippen LogP) is 0.0452. The van der Waals surface area contributed by atoms with Crippen molar-refractivity contribution in [1.82, 2.24) is 4.98 Å². The van der Waals surface area contributed by atoms with Gasteiger partial charge in [-0.15, -0.1) is 0 Å². The molecule has 0 saturated carbocycles. The average Bonchev–Trinajstić information content (AvgIpc) is 2.78. The molecular formula is C24H24ClN3O4Se. The van der Waals surface area contributed by atoms with Gasteiger partial charge in [0, 0.05) is 0 Å². The Morgan fingerprint density at radius 3 is 2.52 bits per heavy atom. The van der Waals surface area contributed by atoms with Crippen LogP contribution in [0, 0.1) is 10.2 Å². The van der Waals surface area contributed by atoms with E-state index in [-0.39, 0.29) is 0 Å². The zero-order chi connectivity index (χ0) is 23.2. The number of halogens is 1. The van der Waals surface area contributed by atoms with E-state index in [1.807, 2.05) is 0 Å². The molecule has 33 heavy (non-hydrogen) atoms. The molecule has 1 aliphatic carbocycles. The van der Waals surface area contributed by atoms with E-state index >= 15 is 0 Å². The minimum atomic E-state index is -4.69. The number of benzene rings is 3. The van der Waals surface area contributed by atoms with Gasteiger partial charge in [-0.1, -0.05) is 0 Å². The van der Waals surface area contributed by atoms with Gasteiger partial charge in [0.05, 0.1) is 14.9 Å². The molecule has 0 bridgehead atoms. The molecule has 3 heterocycles. The number of hydrogen-bond acceptors (Lipinski definition) is 7. The van der Waals surface area contributed by atoms with Gasteiger partial charge < -0.3 is 0 Å². The SMILES string of the molecule is CCN=c1cc2[se]c3c4c5c(cc3nc-2c2ccccc12)CCCN5CCC4.[O-][Cl+3]([O-])([O-])O. The Hall–Kier alpha value is -2.03. The van der Waals surface area contributed by atoms with Gasteiger partial charge in [-0.3, -0.25) is 0 Å². The molecule has 6 rings (SSSR count). The number of nitrogens with zero attached hydrogens (tertiary/aromatic N) is 3. The molecule has 7 nitrogen and oxygen atoms in total. The van der Waals surface area contributed by atoms with E-state index in [2.05, 4.69) is 48.2 Å². The number of rotatable bonds is 1. The quantitative estimate of drug-likeness (QED) is 0.210. The molecule has 0 saturated heterocycles. The van der Waals surface area contributed by atoms with E-state index in [1.165, 1.54) is 75.0 Å². The first-order valence-electron chi connectivity index (χ1n) is 11.0. The maximum absolute atomic E-state index is 8.60. The second kappa shape index (κ2) is 8.96. The molecular weight excluding hydrogens is 509 g/mol. The number of anilines is 1. The average molecular weight is 533 g/mol. The Balaban J connectivity index is 0.000000416. The van der Waals surface area contributed by atoms with Gasteiger partial charge in [0.15, 0.2) is 0 Å². The molecule has 0 aromatic heterocycles. The molecule has 0 unspecified atom stereocenters. The number of hydrogen-bond donors (Lipinski definition) is 1. The van der Waals surface area contributed by atoms with Crippen molar-refractivity contribution in [1.29, 1.82) is 0 Å². The van der Waals surface area contributed by atoms with Crippen molar-refractivity contribution in [2.45, 2.75) is 32.6 Å². The zero-order valence-electron chi connectivity index (χ0n) is 18.2. The monoisotopic (exact) mass is 533 g/mol. The van der Waals surface area contributed by atoms with E-state index in [0.29, 0.717) is 14.5 Å². The molecule has 4 aliphatic rings. The fourth-order valence-corrected chi connectivity index (χ4v) is 7.51. The topological polar surface area (TPSA) is 118 Å². The van der Waals surface area contributed by atoms with Crippen molar-refractivity contribution in [3.63, 3.8) is 0 Å². The summed E-state index contributed by atoms with van der Waals surface area (Å²) in [5, 5.41) is 3.62. The van der Waals surface area contributed by atoms with Gasteiger partial charge in [0.25, 0.3) is 0 Å². The second-order valence-corrected chi connectivity index (χ2v) is 11.3. The van der Waals surface area contributed by atoms with Crippen molar-refractivity contribution in [3.8, 4) is 10.1 Å². The van der Waals surface area contributed by atoms with E-state index in [9.17, 15) is 0 Å². The minimum Gasteiger partial charge on any atom is -0.183 e. The molecule has 0 fully saturated rings. The number of aryl methyl sites for hydroxylation is 2. The standard InChI is InChI=1S/C24H23N3Se.ClHO4/c1-2-25-19-14-21-22(17-9-4-3-8-16(17)19)26-20-13-15-7-5-11-27-12-6-10-18(23(15)27)24(20)28-21;2-1(3,4)5/h3-4,8-9,13-14H,2,5-7,10-12H2,1H3;(H,2,3,4,5). The largest absolute Gasteiger partial charge is 0.183 e. The summed E-state index contributed by atoms with van der Waals surface area (Å²) >= 11 is 0.291. The third-order valence-electron chi connectivity index (χ3n) is 6.18. The van der Waals surface area contributed by atoms with Crippen LogP contribution in [-0.2, 0) is 12.8 Å². The summed E-state index contributed by atoms with van der Waals surface area (Å²) in [7, 11) is -4.69. The van der Waals surface area contributed by atoms with E-state index in [4.69, 9.17) is 28.6 Å². The van der Waals surface area contributed by atoms with Crippen molar-refractivity contribution in [3.05, 3.63) is 52.9 Å². The van der Waals surface area contributed by atoms with Gasteiger partial charge in [-0.25, -0.2) is 0 Å². The second-order valence-electron chi connectivity index (χ2n) is 8.28. The van der Waals surface area contributed by atoms with Crippen LogP contribution in [0.5, 0.6) is 0 Å². The molecule has 0 spiro atoms. The van der Waals surface area contributed by atoms with Crippen molar-refractivity contribution in [2.75, 3.05) is 24.5 Å². The normalized spacial score (nSPS) is 16.2. The van der Waals surface area contributed by atoms with Crippen molar-refractivity contribution >= 4 is 40.7 Å². The summed E-state index contributed by atoms with van der Waals surface area (Å²) in [5.74, 6) is 0. The summed E-state index contributed by atoms with van der Waals surface area (Å²) in [6, 6.07) is 13.4. The molecule has 1 N–H and O–H groups in total. The van der Waals surface area contributed by atoms with Crippen LogP contribution < -0.4 is 24.2 Å². The summed E-state index contributed by atoms with van der Waals surface area (Å²) in [4.78, 5) is 12.7. The Labute approximate surface area is 199 Å². The Kier molecular flexibility index (Phi) is 6.18. The Bertz CT molecular complexity index is 1370. The van der Waals surface area contributed by atoms with Crippen molar-refractivity contribution < 1.29 is 28.9 Å². The van der Waals surface area contributed by atoms with Gasteiger partial charge in [-0.2, -0.15) is 14.0 Å². The summed E-state index contributed by atoms with van der Waals surface area (Å²) in [5.41, 5.74) is 7.14. The van der Waals surface area contributed by atoms with E-state index in [0.717, 1.165) is 11.9 Å².